The molecule has 1 aromatic carbocycles. The second kappa shape index (κ2) is 7.31. The Morgan fingerprint density at radius 2 is 1.36 bits per heavy atom. The van der Waals surface area contributed by atoms with E-state index in [1.165, 1.54) is 0 Å². The molecule has 0 aliphatic heterocycles. The van der Waals surface area contributed by atoms with Gasteiger partial charge in [-0.2, -0.15) is 39.5 Å². The minimum atomic E-state index is -6.02. The minimum Gasteiger partial charge on any atom is -0.315 e. The summed E-state index contributed by atoms with van der Waals surface area (Å²) in [5.74, 6) is 0. The second-order valence-corrected chi connectivity index (χ2v) is 6.95. The predicted octanol–water partition coefficient (Wildman–Crippen LogP) is 3.08. The fourth-order valence-electron chi connectivity index (χ4n) is 1.66. The number of rotatable bonds is 4. The Morgan fingerprint density at radius 3 is 1.79 bits per heavy atom. The molecule has 0 spiro atoms. The van der Waals surface area contributed by atoms with Crippen molar-refractivity contribution in [2.75, 3.05) is 0 Å². The maximum Gasteiger partial charge on any atom is 0.420 e. The number of alkyl halides is 9. The molecule has 0 atom stereocenters. The summed E-state index contributed by atoms with van der Waals surface area (Å²) in [4.78, 5) is 10.9. The lowest BCUT2D eigenvalue weighted by Gasteiger charge is -2.34. The molecule has 0 saturated heterocycles. The molecular formula is C12H10F9N3O3S. The highest BCUT2D eigenvalue weighted by atomic mass is 32.2. The van der Waals surface area contributed by atoms with Crippen molar-refractivity contribution in [3.63, 3.8) is 0 Å². The van der Waals surface area contributed by atoms with Gasteiger partial charge in [0.25, 0.3) is 10.0 Å². The summed E-state index contributed by atoms with van der Waals surface area (Å²) in [6, 6.07) is 0.207. The van der Waals surface area contributed by atoms with Gasteiger partial charge in [0.15, 0.2) is 0 Å². The molecular weight excluding hydrogens is 437 g/mol. The summed E-state index contributed by atoms with van der Waals surface area (Å²) < 4.78 is 138. The van der Waals surface area contributed by atoms with Gasteiger partial charge in [0.1, 0.15) is 0 Å². The van der Waals surface area contributed by atoms with E-state index in [2.05, 4.69) is 0 Å². The molecule has 1 rings (SSSR count). The SMILES string of the molecule is CC(NC(=O)NNS(=O)(=O)c1ccccc1C(F)(F)F)(C(F)(F)F)C(F)(F)F. The van der Waals surface area contributed by atoms with E-state index in [1.807, 2.05) is 0 Å². The molecule has 0 bridgehead atoms. The number of halogens is 9. The first kappa shape index (κ1) is 23.8. The molecule has 0 aliphatic carbocycles. The highest BCUT2D eigenvalue weighted by Crippen LogP contribution is 2.42. The van der Waals surface area contributed by atoms with Crippen LogP contribution in [0, 0.1) is 0 Å². The van der Waals surface area contributed by atoms with Crippen LogP contribution in [0.5, 0.6) is 0 Å². The summed E-state index contributed by atoms with van der Waals surface area (Å²) in [5, 5.41) is 0.493. The molecule has 2 amide bonds. The summed E-state index contributed by atoms with van der Waals surface area (Å²) in [7, 11) is -5.20. The van der Waals surface area contributed by atoms with Crippen LogP contribution in [0.25, 0.3) is 0 Å². The van der Waals surface area contributed by atoms with Crippen LogP contribution in [0.4, 0.5) is 44.3 Å². The van der Waals surface area contributed by atoms with E-state index in [1.54, 1.807) is 0 Å². The number of hydrogen-bond donors (Lipinski definition) is 3. The number of carbonyl (C=O) groups is 1. The summed E-state index contributed by atoms with van der Waals surface area (Å²) in [5.41, 5.74) is -5.50. The molecule has 1 aromatic rings. The van der Waals surface area contributed by atoms with Crippen molar-refractivity contribution in [2.45, 2.75) is 35.9 Å². The average Bonchev–Trinajstić information content (AvgIpc) is 2.50. The van der Waals surface area contributed by atoms with Crippen LogP contribution in [0.15, 0.2) is 29.2 Å². The van der Waals surface area contributed by atoms with Gasteiger partial charge in [-0.15, -0.1) is 4.83 Å². The fraction of sp³-hybridized carbons (Fsp3) is 0.417. The largest absolute Gasteiger partial charge is 0.420 e. The Kier molecular flexibility index (Phi) is 6.21. The van der Waals surface area contributed by atoms with E-state index in [-0.39, 0.29) is 0 Å². The highest BCUT2D eigenvalue weighted by molar-refractivity contribution is 7.89. The van der Waals surface area contributed by atoms with Gasteiger partial charge in [-0.3, -0.25) is 5.43 Å². The maximum atomic E-state index is 12.8. The van der Waals surface area contributed by atoms with E-state index in [9.17, 15) is 52.7 Å². The molecule has 0 heterocycles. The normalized spacial score (nSPS) is 13.9. The molecule has 3 N–H and O–H groups in total. The molecule has 0 aromatic heterocycles. The molecule has 0 radical (unpaired) electrons. The number of amides is 2. The molecule has 160 valence electrons. The number of hydrogen-bond acceptors (Lipinski definition) is 3. The van der Waals surface area contributed by atoms with Gasteiger partial charge in [0.2, 0.25) is 5.54 Å². The molecule has 0 aliphatic rings. The average molecular weight is 447 g/mol. The van der Waals surface area contributed by atoms with Crippen LogP contribution in [-0.2, 0) is 16.2 Å². The van der Waals surface area contributed by atoms with E-state index in [0.29, 0.717) is 17.4 Å². The Hall–Kier alpha value is -2.23. The zero-order chi connectivity index (χ0) is 22.2. The highest BCUT2D eigenvalue weighted by Gasteiger charge is 2.68. The third kappa shape index (κ3) is 4.98. The van der Waals surface area contributed by atoms with Crippen molar-refractivity contribution in [3.8, 4) is 0 Å². The van der Waals surface area contributed by atoms with Gasteiger partial charge >= 0.3 is 24.6 Å². The van der Waals surface area contributed by atoms with Crippen molar-refractivity contribution in [1.29, 1.82) is 0 Å². The first-order chi connectivity index (χ1) is 12.3. The number of benzene rings is 1. The van der Waals surface area contributed by atoms with Crippen LogP contribution in [0.1, 0.15) is 12.5 Å². The Morgan fingerprint density at radius 1 is 0.893 bits per heavy atom. The lowest BCUT2D eigenvalue weighted by atomic mass is 10.0. The topological polar surface area (TPSA) is 87.3 Å². The van der Waals surface area contributed by atoms with Crippen molar-refractivity contribution in [2.24, 2.45) is 0 Å². The smallest absolute Gasteiger partial charge is 0.315 e. The van der Waals surface area contributed by atoms with Crippen LogP contribution in [-0.4, -0.2) is 32.3 Å². The van der Waals surface area contributed by atoms with E-state index >= 15 is 0 Å². The summed E-state index contributed by atoms with van der Waals surface area (Å²) in [6.45, 7) is -0.431. The van der Waals surface area contributed by atoms with Gasteiger partial charge in [-0.1, -0.05) is 12.1 Å². The lowest BCUT2D eigenvalue weighted by molar-refractivity contribution is -0.297. The quantitative estimate of drug-likeness (QED) is 0.490. The van der Waals surface area contributed by atoms with Gasteiger partial charge in [-0.05, 0) is 19.1 Å². The Bertz CT molecular complexity index is 817. The van der Waals surface area contributed by atoms with Gasteiger partial charge in [-0.25, -0.2) is 13.2 Å². The monoisotopic (exact) mass is 447 g/mol. The molecule has 28 heavy (non-hydrogen) atoms. The number of hydrazine groups is 1. The van der Waals surface area contributed by atoms with E-state index in [0.717, 1.165) is 22.4 Å². The van der Waals surface area contributed by atoms with E-state index in [4.69, 9.17) is 0 Å². The van der Waals surface area contributed by atoms with Gasteiger partial charge in [0.05, 0.1) is 10.5 Å². The molecule has 6 nitrogen and oxygen atoms in total. The number of nitrogens with one attached hydrogen (secondary N) is 3. The first-order valence-electron chi connectivity index (χ1n) is 6.72. The minimum absolute atomic E-state index is 0.360. The van der Waals surface area contributed by atoms with Crippen LogP contribution in [0.2, 0.25) is 0 Å². The Labute approximate surface area is 151 Å². The first-order valence-corrected chi connectivity index (χ1v) is 8.21. The van der Waals surface area contributed by atoms with Crippen molar-refractivity contribution < 1.29 is 52.7 Å². The van der Waals surface area contributed by atoms with Crippen molar-refractivity contribution in [1.82, 2.24) is 15.6 Å². The Balaban J connectivity index is 3.05. The zero-order valence-electron chi connectivity index (χ0n) is 13.3. The maximum absolute atomic E-state index is 12.8. The van der Waals surface area contributed by atoms with Crippen molar-refractivity contribution >= 4 is 16.1 Å². The number of sulfonamides is 1. The fourth-order valence-corrected chi connectivity index (χ4v) is 2.73. The summed E-state index contributed by atoms with van der Waals surface area (Å²) >= 11 is 0. The third-order valence-electron chi connectivity index (χ3n) is 3.28. The summed E-state index contributed by atoms with van der Waals surface area (Å²) in [6.07, 6.45) is -17.2. The molecule has 16 heteroatoms. The molecule has 0 unspecified atom stereocenters. The number of carbonyl (C=O) groups excluding carboxylic acids is 1. The third-order valence-corrected chi connectivity index (χ3v) is 4.58. The molecule has 0 fully saturated rings. The van der Waals surface area contributed by atoms with Crippen molar-refractivity contribution in [3.05, 3.63) is 29.8 Å². The van der Waals surface area contributed by atoms with Crippen LogP contribution >= 0.6 is 0 Å². The second-order valence-electron chi connectivity index (χ2n) is 5.30. The zero-order valence-corrected chi connectivity index (χ0v) is 14.2. The number of urea groups is 1. The lowest BCUT2D eigenvalue weighted by Crippen LogP contribution is -2.67. The van der Waals surface area contributed by atoms with Gasteiger partial charge in [0, 0.05) is 0 Å². The molecule has 0 saturated carbocycles. The standard InChI is InChI=1S/C12H10F9N3O3S/c1-9(11(16,17)18,12(19,20)21)22-8(25)23-24-28(26,27)7-5-3-2-4-6(7)10(13,14)15/h2-5,24H,1H3,(H2,22,23,25). The van der Waals surface area contributed by atoms with Crippen LogP contribution in [0.3, 0.4) is 0 Å². The van der Waals surface area contributed by atoms with Crippen LogP contribution < -0.4 is 15.6 Å². The van der Waals surface area contributed by atoms with E-state index < -0.39 is 57.5 Å². The predicted molar refractivity (Wildman–Crippen MR) is 73.9 cm³/mol. The van der Waals surface area contributed by atoms with Gasteiger partial charge < -0.3 is 5.32 Å².